The summed E-state index contributed by atoms with van der Waals surface area (Å²) >= 11 is 0. The Labute approximate surface area is 109 Å². The summed E-state index contributed by atoms with van der Waals surface area (Å²) in [4.78, 5) is 4.48. The van der Waals surface area contributed by atoms with Crippen LogP contribution in [0.3, 0.4) is 0 Å². The van der Waals surface area contributed by atoms with Gasteiger partial charge in [-0.15, -0.1) is 0 Å². The third kappa shape index (κ3) is 3.19. The van der Waals surface area contributed by atoms with Gasteiger partial charge >= 0.3 is 0 Å². The second-order valence-electron chi connectivity index (χ2n) is 4.80. The van der Waals surface area contributed by atoms with Crippen LogP contribution in [0.5, 0.6) is 0 Å². The zero-order valence-corrected chi connectivity index (χ0v) is 10.9. The number of aliphatic imine (C=N–C) groups is 1. The molecule has 0 amide bonds. The van der Waals surface area contributed by atoms with Crippen molar-refractivity contribution >= 4 is 11.7 Å². The summed E-state index contributed by atoms with van der Waals surface area (Å²) in [6.07, 6.45) is 6.29. The van der Waals surface area contributed by atoms with E-state index in [2.05, 4.69) is 10.3 Å². The zero-order chi connectivity index (χ0) is 12.8. The molecule has 0 radical (unpaired) electrons. The summed E-state index contributed by atoms with van der Waals surface area (Å²) in [6.45, 7) is 0. The van der Waals surface area contributed by atoms with E-state index < -0.39 is 0 Å². The minimum Gasteiger partial charge on any atom is -0.376 e. The summed E-state index contributed by atoms with van der Waals surface area (Å²) in [5.74, 6) is 1.84. The molecule has 0 heterocycles. The van der Waals surface area contributed by atoms with Gasteiger partial charge in [-0.3, -0.25) is 5.41 Å². The van der Waals surface area contributed by atoms with Crippen molar-refractivity contribution < 1.29 is 0 Å². The molecule has 2 N–H and O–H groups in total. The average Bonchev–Trinajstić information content (AvgIpc) is 2.46. The molecule has 0 unspecified atom stereocenters. The molecule has 0 atom stereocenters. The van der Waals surface area contributed by atoms with Crippen LogP contribution >= 0.6 is 0 Å². The molecule has 1 aromatic carbocycles. The summed E-state index contributed by atoms with van der Waals surface area (Å²) in [7, 11) is 1.91. The molecule has 2 rings (SSSR count). The zero-order valence-electron chi connectivity index (χ0n) is 10.9. The molecule has 1 aliphatic rings. The van der Waals surface area contributed by atoms with E-state index in [9.17, 15) is 0 Å². The fourth-order valence-electron chi connectivity index (χ4n) is 2.51. The van der Waals surface area contributed by atoms with Crippen LogP contribution in [0.2, 0.25) is 0 Å². The standard InChI is InChI=1S/C15H21N3/c1-17-15(13-10-6-3-7-11-13)18-14(16)12-8-4-2-5-9-12/h2,4-5,8-9,13H,3,6-7,10-11H2,1H3,(H2,16,17,18). The van der Waals surface area contributed by atoms with E-state index in [1.54, 1.807) is 0 Å². The van der Waals surface area contributed by atoms with Crippen LogP contribution in [-0.4, -0.2) is 18.7 Å². The molecule has 0 saturated heterocycles. The highest BCUT2D eigenvalue weighted by Gasteiger charge is 2.18. The van der Waals surface area contributed by atoms with Crippen molar-refractivity contribution in [3.8, 4) is 0 Å². The van der Waals surface area contributed by atoms with Gasteiger partial charge in [-0.2, -0.15) is 0 Å². The Balaban J connectivity index is 2.11. The smallest absolute Gasteiger partial charge is 0.153 e. The van der Waals surface area contributed by atoms with Gasteiger partial charge in [0.05, 0.1) is 0 Å². The Morgan fingerprint density at radius 1 is 1.17 bits per heavy atom. The number of nitrogens with one attached hydrogen (secondary N) is 2. The first kappa shape index (κ1) is 12.8. The van der Waals surface area contributed by atoms with Crippen molar-refractivity contribution in [1.82, 2.24) is 5.32 Å². The first-order chi connectivity index (χ1) is 8.81. The molecule has 0 aromatic heterocycles. The normalized spacial score (nSPS) is 17.5. The molecule has 96 valence electrons. The van der Waals surface area contributed by atoms with Gasteiger partial charge in [-0.1, -0.05) is 49.6 Å². The second-order valence-corrected chi connectivity index (χ2v) is 4.80. The van der Waals surface area contributed by atoms with Gasteiger partial charge in [0.15, 0.2) is 5.84 Å². The van der Waals surface area contributed by atoms with E-state index in [0.717, 1.165) is 11.4 Å². The maximum absolute atomic E-state index is 8.05. The van der Waals surface area contributed by atoms with Crippen LogP contribution in [0.25, 0.3) is 0 Å². The molecule has 1 aliphatic carbocycles. The maximum Gasteiger partial charge on any atom is 0.153 e. The minimum absolute atomic E-state index is 0.352. The van der Waals surface area contributed by atoms with Gasteiger partial charge in [0.1, 0.15) is 5.84 Å². The van der Waals surface area contributed by atoms with E-state index in [-0.39, 0.29) is 0 Å². The van der Waals surface area contributed by atoms with Crippen LogP contribution in [0.4, 0.5) is 0 Å². The number of amidine groups is 2. The minimum atomic E-state index is 0.352. The molecule has 0 bridgehead atoms. The lowest BCUT2D eigenvalue weighted by molar-refractivity contribution is 0.434. The molecule has 1 fully saturated rings. The molecular formula is C15H21N3. The monoisotopic (exact) mass is 243 g/mol. The Kier molecular flexibility index (Phi) is 4.51. The van der Waals surface area contributed by atoms with Crippen molar-refractivity contribution in [2.24, 2.45) is 10.9 Å². The van der Waals surface area contributed by atoms with Crippen molar-refractivity contribution in [1.29, 1.82) is 5.41 Å². The highest BCUT2D eigenvalue weighted by Crippen LogP contribution is 2.24. The van der Waals surface area contributed by atoms with E-state index in [4.69, 9.17) is 5.41 Å². The number of hydrogen-bond acceptors (Lipinski definition) is 1. The SMILES string of the molecule is CN/C(=N\C(=N)c1ccccc1)C1CCCCC1. The third-order valence-electron chi connectivity index (χ3n) is 3.53. The van der Waals surface area contributed by atoms with Crippen molar-refractivity contribution in [2.45, 2.75) is 32.1 Å². The van der Waals surface area contributed by atoms with Gasteiger partial charge in [0.2, 0.25) is 0 Å². The largest absolute Gasteiger partial charge is 0.376 e. The van der Waals surface area contributed by atoms with E-state index in [0.29, 0.717) is 11.8 Å². The Hall–Kier alpha value is -1.64. The molecule has 1 aromatic rings. The molecule has 3 nitrogen and oxygen atoms in total. The van der Waals surface area contributed by atoms with Crippen LogP contribution in [0.1, 0.15) is 37.7 Å². The summed E-state index contributed by atoms with van der Waals surface area (Å²) in [6, 6.07) is 9.71. The first-order valence-electron chi connectivity index (χ1n) is 6.71. The molecule has 3 heteroatoms. The van der Waals surface area contributed by atoms with Crippen LogP contribution in [0, 0.1) is 11.3 Å². The topological polar surface area (TPSA) is 48.2 Å². The number of benzene rings is 1. The molecule has 18 heavy (non-hydrogen) atoms. The average molecular weight is 243 g/mol. The molecule has 1 saturated carbocycles. The van der Waals surface area contributed by atoms with E-state index in [1.807, 2.05) is 37.4 Å². The van der Waals surface area contributed by atoms with E-state index >= 15 is 0 Å². The predicted octanol–water partition coefficient (Wildman–Crippen LogP) is 3.21. The van der Waals surface area contributed by atoms with Gasteiger partial charge in [0, 0.05) is 18.5 Å². The Morgan fingerprint density at radius 3 is 2.44 bits per heavy atom. The molecule has 0 aliphatic heterocycles. The summed E-state index contributed by atoms with van der Waals surface area (Å²) < 4.78 is 0. The molecule has 0 spiro atoms. The number of nitrogens with zero attached hydrogens (tertiary/aromatic N) is 1. The van der Waals surface area contributed by atoms with Gasteiger partial charge < -0.3 is 5.32 Å². The highest BCUT2D eigenvalue weighted by molar-refractivity contribution is 6.05. The fraction of sp³-hybridized carbons (Fsp3) is 0.467. The van der Waals surface area contributed by atoms with Crippen molar-refractivity contribution in [2.75, 3.05) is 7.05 Å². The molecular weight excluding hydrogens is 222 g/mol. The lowest BCUT2D eigenvalue weighted by atomic mass is 9.88. The van der Waals surface area contributed by atoms with Gasteiger partial charge in [0.25, 0.3) is 0 Å². The van der Waals surface area contributed by atoms with Crippen molar-refractivity contribution in [3.63, 3.8) is 0 Å². The predicted molar refractivity (Wildman–Crippen MR) is 76.3 cm³/mol. The van der Waals surface area contributed by atoms with Crippen molar-refractivity contribution in [3.05, 3.63) is 35.9 Å². The van der Waals surface area contributed by atoms with E-state index in [1.165, 1.54) is 32.1 Å². The maximum atomic E-state index is 8.05. The highest BCUT2D eigenvalue weighted by atomic mass is 15.0. The fourth-order valence-corrected chi connectivity index (χ4v) is 2.51. The third-order valence-corrected chi connectivity index (χ3v) is 3.53. The number of hydrogen-bond donors (Lipinski definition) is 2. The quantitative estimate of drug-likeness (QED) is 0.608. The first-order valence-corrected chi connectivity index (χ1v) is 6.71. The summed E-state index contributed by atoms with van der Waals surface area (Å²) in [5, 5.41) is 11.2. The lowest BCUT2D eigenvalue weighted by Gasteiger charge is -2.23. The summed E-state index contributed by atoms with van der Waals surface area (Å²) in [5.41, 5.74) is 0.876. The second kappa shape index (κ2) is 6.34. The van der Waals surface area contributed by atoms with Gasteiger partial charge in [-0.25, -0.2) is 4.99 Å². The Bertz CT molecular complexity index is 417. The van der Waals surface area contributed by atoms with Gasteiger partial charge in [-0.05, 0) is 12.8 Å². The number of rotatable bonds is 2. The lowest BCUT2D eigenvalue weighted by Crippen LogP contribution is -2.30. The van der Waals surface area contributed by atoms with Crippen LogP contribution < -0.4 is 5.32 Å². The van der Waals surface area contributed by atoms with Crippen LogP contribution in [-0.2, 0) is 0 Å². The Morgan fingerprint density at radius 2 is 1.83 bits per heavy atom. The van der Waals surface area contributed by atoms with Crippen LogP contribution in [0.15, 0.2) is 35.3 Å².